The van der Waals surface area contributed by atoms with Crippen molar-refractivity contribution in [3.8, 4) is 16.9 Å². The lowest BCUT2D eigenvalue weighted by molar-refractivity contribution is 0.413. The molecule has 92 valence electrons. The van der Waals surface area contributed by atoms with E-state index < -0.39 is 7.12 Å². The number of methoxy groups -OCH3 is 1. The first kappa shape index (κ1) is 12.7. The van der Waals surface area contributed by atoms with Crippen molar-refractivity contribution in [2.45, 2.75) is 6.92 Å². The zero-order chi connectivity index (χ0) is 13.1. The third-order valence-corrected chi connectivity index (χ3v) is 2.96. The molecular formula is C14H15BO3. The Kier molecular flexibility index (Phi) is 3.70. The van der Waals surface area contributed by atoms with Crippen molar-refractivity contribution in [3.05, 3.63) is 48.0 Å². The monoisotopic (exact) mass is 242 g/mol. The van der Waals surface area contributed by atoms with Gasteiger partial charge in [-0.2, -0.15) is 0 Å². The lowest BCUT2D eigenvalue weighted by Gasteiger charge is -2.12. The van der Waals surface area contributed by atoms with Crippen molar-refractivity contribution < 1.29 is 14.8 Å². The van der Waals surface area contributed by atoms with Crippen molar-refractivity contribution in [2.75, 3.05) is 7.11 Å². The first-order chi connectivity index (χ1) is 8.63. The molecule has 2 N–H and O–H groups in total. The molecule has 0 bridgehead atoms. The Balaban J connectivity index is 2.55. The van der Waals surface area contributed by atoms with E-state index in [0.29, 0.717) is 11.2 Å². The Bertz CT molecular complexity index is 552. The minimum atomic E-state index is -1.48. The number of aryl methyl sites for hydroxylation is 1. The number of benzene rings is 2. The summed E-state index contributed by atoms with van der Waals surface area (Å²) in [5, 5.41) is 18.3. The molecule has 0 aliphatic heterocycles. The van der Waals surface area contributed by atoms with Crippen LogP contribution in [0.25, 0.3) is 11.1 Å². The van der Waals surface area contributed by atoms with Gasteiger partial charge in [-0.1, -0.05) is 36.4 Å². The Morgan fingerprint density at radius 3 is 2.33 bits per heavy atom. The SMILES string of the molecule is COc1cc(B(O)O)ccc1-c1ccccc1C. The van der Waals surface area contributed by atoms with Gasteiger partial charge >= 0.3 is 7.12 Å². The molecule has 0 fully saturated rings. The summed E-state index contributed by atoms with van der Waals surface area (Å²) >= 11 is 0. The van der Waals surface area contributed by atoms with Crippen LogP contribution in [0, 0.1) is 6.92 Å². The molecule has 0 unspecified atom stereocenters. The van der Waals surface area contributed by atoms with Crippen LogP contribution in [0.2, 0.25) is 0 Å². The molecule has 2 aromatic carbocycles. The van der Waals surface area contributed by atoms with E-state index in [0.717, 1.165) is 16.7 Å². The molecule has 2 rings (SSSR count). The van der Waals surface area contributed by atoms with E-state index in [1.54, 1.807) is 19.2 Å². The van der Waals surface area contributed by atoms with Gasteiger partial charge in [0, 0.05) is 5.56 Å². The van der Waals surface area contributed by atoms with E-state index >= 15 is 0 Å². The third kappa shape index (κ3) is 2.40. The van der Waals surface area contributed by atoms with Crippen LogP contribution in [0.3, 0.4) is 0 Å². The fourth-order valence-electron chi connectivity index (χ4n) is 1.97. The molecule has 18 heavy (non-hydrogen) atoms. The summed E-state index contributed by atoms with van der Waals surface area (Å²) in [7, 11) is 0.0924. The summed E-state index contributed by atoms with van der Waals surface area (Å²) in [5.74, 6) is 0.634. The molecule has 0 aliphatic rings. The van der Waals surface area contributed by atoms with Gasteiger partial charge in [0.25, 0.3) is 0 Å². The Morgan fingerprint density at radius 1 is 1.00 bits per heavy atom. The zero-order valence-corrected chi connectivity index (χ0v) is 10.4. The highest BCUT2D eigenvalue weighted by Crippen LogP contribution is 2.31. The van der Waals surface area contributed by atoms with Crippen molar-refractivity contribution in [1.29, 1.82) is 0 Å². The van der Waals surface area contributed by atoms with Crippen molar-refractivity contribution in [2.24, 2.45) is 0 Å². The van der Waals surface area contributed by atoms with Crippen LogP contribution in [0.15, 0.2) is 42.5 Å². The largest absolute Gasteiger partial charge is 0.496 e. The van der Waals surface area contributed by atoms with E-state index in [9.17, 15) is 0 Å². The predicted molar refractivity (Wildman–Crippen MR) is 73.0 cm³/mol. The molecule has 0 saturated heterocycles. The highest BCUT2D eigenvalue weighted by molar-refractivity contribution is 6.58. The van der Waals surface area contributed by atoms with Crippen LogP contribution >= 0.6 is 0 Å². The van der Waals surface area contributed by atoms with Gasteiger partial charge in [-0.05, 0) is 29.6 Å². The van der Waals surface area contributed by atoms with Crippen LogP contribution < -0.4 is 10.2 Å². The van der Waals surface area contributed by atoms with Gasteiger partial charge in [-0.3, -0.25) is 0 Å². The van der Waals surface area contributed by atoms with E-state index in [1.165, 1.54) is 0 Å². The molecule has 0 aromatic heterocycles. The van der Waals surface area contributed by atoms with Crippen LogP contribution in [0.4, 0.5) is 0 Å². The summed E-state index contributed by atoms with van der Waals surface area (Å²) in [6.45, 7) is 2.03. The summed E-state index contributed by atoms with van der Waals surface area (Å²) in [4.78, 5) is 0. The molecule has 2 aromatic rings. The van der Waals surface area contributed by atoms with E-state index in [1.807, 2.05) is 37.3 Å². The van der Waals surface area contributed by atoms with E-state index in [2.05, 4.69) is 0 Å². The van der Waals surface area contributed by atoms with Crippen LogP contribution in [-0.2, 0) is 0 Å². The summed E-state index contributed by atoms with van der Waals surface area (Å²) in [5.41, 5.74) is 3.59. The Labute approximate surface area is 107 Å². The highest BCUT2D eigenvalue weighted by atomic mass is 16.5. The van der Waals surface area contributed by atoms with Gasteiger partial charge in [0.1, 0.15) is 5.75 Å². The predicted octanol–water partition coefficient (Wildman–Crippen LogP) is 1.35. The maximum Gasteiger partial charge on any atom is 0.488 e. The number of hydrogen-bond donors (Lipinski definition) is 2. The van der Waals surface area contributed by atoms with E-state index in [-0.39, 0.29) is 0 Å². The second kappa shape index (κ2) is 5.25. The normalized spacial score (nSPS) is 10.2. The summed E-state index contributed by atoms with van der Waals surface area (Å²) in [6.07, 6.45) is 0. The molecule has 3 nitrogen and oxygen atoms in total. The third-order valence-electron chi connectivity index (χ3n) is 2.96. The average molecular weight is 242 g/mol. The smallest absolute Gasteiger partial charge is 0.488 e. The first-order valence-corrected chi connectivity index (χ1v) is 5.73. The molecule has 0 saturated carbocycles. The van der Waals surface area contributed by atoms with Gasteiger partial charge < -0.3 is 14.8 Å². The van der Waals surface area contributed by atoms with E-state index in [4.69, 9.17) is 14.8 Å². The molecule has 0 heterocycles. The number of hydrogen-bond acceptors (Lipinski definition) is 3. The lowest BCUT2D eigenvalue weighted by atomic mass is 9.79. The number of ether oxygens (including phenoxy) is 1. The fraction of sp³-hybridized carbons (Fsp3) is 0.143. The molecule has 0 amide bonds. The number of rotatable bonds is 3. The summed E-state index contributed by atoms with van der Waals surface area (Å²) in [6, 6.07) is 13.2. The fourth-order valence-corrected chi connectivity index (χ4v) is 1.97. The Morgan fingerprint density at radius 2 is 1.72 bits per heavy atom. The minimum absolute atomic E-state index is 0.421. The maximum atomic E-state index is 9.16. The second-order valence-electron chi connectivity index (χ2n) is 4.15. The molecule has 4 heteroatoms. The maximum absolute atomic E-state index is 9.16. The molecule has 0 spiro atoms. The van der Waals surface area contributed by atoms with Gasteiger partial charge in [0.2, 0.25) is 0 Å². The van der Waals surface area contributed by atoms with Crippen LogP contribution in [0.5, 0.6) is 5.75 Å². The molecule has 0 aliphatic carbocycles. The molecular weight excluding hydrogens is 227 g/mol. The Hall–Kier alpha value is -1.78. The minimum Gasteiger partial charge on any atom is -0.496 e. The van der Waals surface area contributed by atoms with Crippen molar-refractivity contribution in [1.82, 2.24) is 0 Å². The molecule has 0 radical (unpaired) electrons. The standard InChI is InChI=1S/C14H15BO3/c1-10-5-3-4-6-12(10)13-8-7-11(15(16)17)9-14(13)18-2/h3-9,16-17H,1-2H3. The topological polar surface area (TPSA) is 49.7 Å². The van der Waals surface area contributed by atoms with Crippen LogP contribution in [-0.4, -0.2) is 24.3 Å². The van der Waals surface area contributed by atoms with Crippen LogP contribution in [0.1, 0.15) is 5.56 Å². The zero-order valence-electron chi connectivity index (χ0n) is 10.4. The lowest BCUT2D eigenvalue weighted by Crippen LogP contribution is -2.29. The summed E-state index contributed by atoms with van der Waals surface area (Å²) < 4.78 is 5.32. The first-order valence-electron chi connectivity index (χ1n) is 5.73. The highest BCUT2D eigenvalue weighted by Gasteiger charge is 2.15. The van der Waals surface area contributed by atoms with Crippen molar-refractivity contribution >= 4 is 12.6 Å². The van der Waals surface area contributed by atoms with Gasteiger partial charge in [-0.25, -0.2) is 0 Å². The second-order valence-corrected chi connectivity index (χ2v) is 4.15. The van der Waals surface area contributed by atoms with Gasteiger partial charge in [0.15, 0.2) is 0 Å². The van der Waals surface area contributed by atoms with Crippen molar-refractivity contribution in [3.63, 3.8) is 0 Å². The quantitative estimate of drug-likeness (QED) is 0.799. The molecule has 0 atom stereocenters. The van der Waals surface area contributed by atoms with Gasteiger partial charge in [0.05, 0.1) is 7.11 Å². The average Bonchev–Trinajstić information content (AvgIpc) is 2.38. The van der Waals surface area contributed by atoms with Gasteiger partial charge in [-0.15, -0.1) is 0 Å².